The number of rotatable bonds is 6. The highest BCUT2D eigenvalue weighted by molar-refractivity contribution is 7.10. The van der Waals surface area contributed by atoms with Crippen LogP contribution in [0.1, 0.15) is 42.3 Å². The first-order chi connectivity index (χ1) is 12.1. The Kier molecular flexibility index (Phi) is 6.34. The molecule has 1 aliphatic rings. The second-order valence-corrected chi connectivity index (χ2v) is 7.76. The van der Waals surface area contributed by atoms with Crippen LogP contribution in [0.4, 0.5) is 4.79 Å². The molecule has 1 fully saturated rings. The Hall–Kier alpha value is -1.56. The number of halogens is 1. The van der Waals surface area contributed by atoms with E-state index in [0.29, 0.717) is 11.6 Å². The molecule has 0 bridgehead atoms. The van der Waals surface area contributed by atoms with Crippen LogP contribution in [0.25, 0.3) is 0 Å². The number of urea groups is 1. The molecule has 2 aromatic rings. The molecule has 1 aliphatic heterocycles. The number of hydrogen-bond acceptors (Lipinski definition) is 3. The van der Waals surface area contributed by atoms with Crippen molar-refractivity contribution in [1.29, 1.82) is 0 Å². The van der Waals surface area contributed by atoms with Crippen molar-refractivity contribution in [3.8, 4) is 0 Å². The van der Waals surface area contributed by atoms with Gasteiger partial charge in [0.25, 0.3) is 0 Å². The van der Waals surface area contributed by atoms with E-state index in [-0.39, 0.29) is 18.1 Å². The van der Waals surface area contributed by atoms with E-state index in [9.17, 15) is 4.79 Å². The summed E-state index contributed by atoms with van der Waals surface area (Å²) in [5.74, 6) is 0. The van der Waals surface area contributed by atoms with E-state index in [4.69, 9.17) is 11.6 Å². The van der Waals surface area contributed by atoms with Gasteiger partial charge in [-0.05, 0) is 55.9 Å². The summed E-state index contributed by atoms with van der Waals surface area (Å²) in [7, 11) is 0. The molecule has 1 saturated heterocycles. The van der Waals surface area contributed by atoms with Crippen LogP contribution in [0, 0.1) is 0 Å². The quantitative estimate of drug-likeness (QED) is 0.772. The monoisotopic (exact) mass is 377 g/mol. The van der Waals surface area contributed by atoms with Crippen LogP contribution in [-0.4, -0.2) is 30.6 Å². The van der Waals surface area contributed by atoms with E-state index in [0.717, 1.165) is 18.7 Å². The van der Waals surface area contributed by atoms with Crippen LogP contribution in [0.15, 0.2) is 41.8 Å². The average molecular weight is 378 g/mol. The van der Waals surface area contributed by atoms with Crippen LogP contribution in [0.5, 0.6) is 0 Å². The topological polar surface area (TPSA) is 44.4 Å². The number of nitrogens with one attached hydrogen (secondary N) is 2. The largest absolute Gasteiger partial charge is 0.336 e. The summed E-state index contributed by atoms with van der Waals surface area (Å²) in [6.45, 7) is 4.75. The van der Waals surface area contributed by atoms with Crippen molar-refractivity contribution >= 4 is 29.0 Å². The van der Waals surface area contributed by atoms with Crippen LogP contribution in [0.2, 0.25) is 5.02 Å². The second-order valence-electron chi connectivity index (χ2n) is 6.37. The average Bonchev–Trinajstić information content (AvgIpc) is 3.29. The Bertz CT molecular complexity index is 686. The molecule has 2 N–H and O–H groups in total. The third-order valence-corrected chi connectivity index (χ3v) is 5.95. The van der Waals surface area contributed by atoms with Gasteiger partial charge in [-0.15, -0.1) is 11.3 Å². The highest BCUT2D eigenvalue weighted by atomic mass is 35.5. The van der Waals surface area contributed by atoms with Crippen LogP contribution >= 0.6 is 22.9 Å². The van der Waals surface area contributed by atoms with E-state index >= 15 is 0 Å². The fourth-order valence-electron chi connectivity index (χ4n) is 3.28. The number of likely N-dealkylation sites (tertiary alicyclic amines) is 1. The van der Waals surface area contributed by atoms with Crippen LogP contribution in [-0.2, 0) is 0 Å². The molecule has 4 nitrogen and oxygen atoms in total. The van der Waals surface area contributed by atoms with Gasteiger partial charge in [-0.3, -0.25) is 4.90 Å². The Labute approximate surface area is 158 Å². The predicted molar refractivity (Wildman–Crippen MR) is 104 cm³/mol. The third kappa shape index (κ3) is 4.75. The smallest absolute Gasteiger partial charge is 0.315 e. The van der Waals surface area contributed by atoms with Crippen molar-refractivity contribution in [1.82, 2.24) is 15.5 Å². The molecule has 0 saturated carbocycles. The molecule has 1 aromatic heterocycles. The summed E-state index contributed by atoms with van der Waals surface area (Å²) in [5, 5.41) is 8.78. The van der Waals surface area contributed by atoms with Gasteiger partial charge in [0, 0.05) is 16.4 Å². The summed E-state index contributed by atoms with van der Waals surface area (Å²) in [6.07, 6.45) is 2.47. The number of hydrogen-bond donors (Lipinski definition) is 2. The van der Waals surface area contributed by atoms with Gasteiger partial charge in [-0.25, -0.2) is 4.79 Å². The Morgan fingerprint density at radius 3 is 2.68 bits per heavy atom. The maximum absolute atomic E-state index is 12.3. The number of thiophene rings is 1. The number of carbonyl (C=O) groups is 1. The first-order valence-electron chi connectivity index (χ1n) is 8.71. The molecule has 0 spiro atoms. The van der Waals surface area contributed by atoms with Crippen molar-refractivity contribution < 1.29 is 4.79 Å². The molecule has 2 heterocycles. The van der Waals surface area contributed by atoms with Gasteiger partial charge in [0.05, 0.1) is 12.1 Å². The van der Waals surface area contributed by atoms with Crippen molar-refractivity contribution in [3.63, 3.8) is 0 Å². The number of carbonyl (C=O) groups excluding carboxylic acids is 1. The lowest BCUT2D eigenvalue weighted by atomic mass is 10.1. The molecular formula is C19H24ClN3OS. The standard InChI is InChI=1S/C19H24ClN3OS/c1-14(15-7-2-3-8-16(15)20)22-19(24)21-13-17(18-9-6-12-25-18)23-10-4-5-11-23/h2-3,6-9,12,14,17H,4-5,10-11,13H2,1H3,(H2,21,22,24). The summed E-state index contributed by atoms with van der Waals surface area (Å²) < 4.78 is 0. The molecule has 2 unspecified atom stereocenters. The number of benzene rings is 1. The van der Waals surface area contributed by atoms with Gasteiger partial charge in [0.15, 0.2) is 0 Å². The zero-order valence-electron chi connectivity index (χ0n) is 14.4. The lowest BCUT2D eigenvalue weighted by Gasteiger charge is -2.27. The van der Waals surface area contributed by atoms with E-state index < -0.39 is 0 Å². The molecule has 25 heavy (non-hydrogen) atoms. The molecule has 3 rings (SSSR count). The fraction of sp³-hybridized carbons (Fsp3) is 0.421. The number of amides is 2. The van der Waals surface area contributed by atoms with Gasteiger partial charge in [-0.2, -0.15) is 0 Å². The number of nitrogens with zero attached hydrogens (tertiary/aromatic N) is 1. The van der Waals surface area contributed by atoms with Gasteiger partial charge in [-0.1, -0.05) is 35.9 Å². The van der Waals surface area contributed by atoms with Gasteiger partial charge in [0.2, 0.25) is 0 Å². The minimum absolute atomic E-state index is 0.138. The van der Waals surface area contributed by atoms with E-state index in [1.54, 1.807) is 11.3 Å². The summed E-state index contributed by atoms with van der Waals surface area (Å²) in [4.78, 5) is 16.1. The van der Waals surface area contributed by atoms with Crippen LogP contribution < -0.4 is 10.6 Å². The van der Waals surface area contributed by atoms with E-state index in [2.05, 4.69) is 33.0 Å². The molecule has 134 valence electrons. The Balaban J connectivity index is 1.57. The molecule has 2 atom stereocenters. The SMILES string of the molecule is CC(NC(=O)NCC(c1cccs1)N1CCCC1)c1ccccc1Cl. The van der Waals surface area contributed by atoms with E-state index in [1.165, 1.54) is 17.7 Å². The summed E-state index contributed by atoms with van der Waals surface area (Å²) in [6, 6.07) is 11.8. The van der Waals surface area contributed by atoms with Crippen molar-refractivity contribution in [2.75, 3.05) is 19.6 Å². The fourth-order valence-corrected chi connectivity index (χ4v) is 4.45. The molecule has 0 radical (unpaired) electrons. The summed E-state index contributed by atoms with van der Waals surface area (Å²) in [5.41, 5.74) is 0.925. The zero-order valence-corrected chi connectivity index (χ0v) is 15.9. The van der Waals surface area contributed by atoms with Gasteiger partial charge < -0.3 is 10.6 Å². The molecule has 1 aromatic carbocycles. The Morgan fingerprint density at radius 1 is 1.24 bits per heavy atom. The van der Waals surface area contributed by atoms with Crippen molar-refractivity contribution in [2.45, 2.75) is 31.8 Å². The second kappa shape index (κ2) is 8.70. The lowest BCUT2D eigenvalue weighted by Crippen LogP contribution is -2.42. The molecule has 6 heteroatoms. The molecule has 0 aliphatic carbocycles. The maximum Gasteiger partial charge on any atom is 0.315 e. The molecular weight excluding hydrogens is 354 g/mol. The highest BCUT2D eigenvalue weighted by Crippen LogP contribution is 2.28. The maximum atomic E-state index is 12.3. The van der Waals surface area contributed by atoms with Gasteiger partial charge >= 0.3 is 6.03 Å². The lowest BCUT2D eigenvalue weighted by molar-refractivity contribution is 0.220. The third-order valence-electron chi connectivity index (χ3n) is 4.63. The van der Waals surface area contributed by atoms with Gasteiger partial charge in [0.1, 0.15) is 0 Å². The van der Waals surface area contributed by atoms with Crippen molar-refractivity contribution in [3.05, 3.63) is 57.2 Å². The van der Waals surface area contributed by atoms with Crippen molar-refractivity contribution in [2.24, 2.45) is 0 Å². The minimum atomic E-state index is -0.159. The minimum Gasteiger partial charge on any atom is -0.336 e. The molecule has 2 amide bonds. The highest BCUT2D eigenvalue weighted by Gasteiger charge is 2.24. The normalized spacial score (nSPS) is 17.2. The first-order valence-corrected chi connectivity index (χ1v) is 9.97. The van der Waals surface area contributed by atoms with E-state index in [1.807, 2.05) is 31.2 Å². The Morgan fingerprint density at radius 2 is 2.00 bits per heavy atom. The zero-order chi connectivity index (χ0) is 17.6. The first kappa shape index (κ1) is 18.2. The summed E-state index contributed by atoms with van der Waals surface area (Å²) >= 11 is 7.96. The predicted octanol–water partition coefficient (Wildman–Crippen LogP) is 4.60. The van der Waals surface area contributed by atoms with Crippen LogP contribution in [0.3, 0.4) is 0 Å².